The van der Waals surface area contributed by atoms with Gasteiger partial charge in [0.1, 0.15) is 0 Å². The molecule has 0 amide bonds. The predicted octanol–water partition coefficient (Wildman–Crippen LogP) is 5.99. The van der Waals surface area contributed by atoms with Gasteiger partial charge in [-0.25, -0.2) is 0 Å². The molecule has 0 aromatic heterocycles. The minimum atomic E-state index is -2.73. The summed E-state index contributed by atoms with van der Waals surface area (Å²) >= 11 is -2.73. The zero-order valence-corrected chi connectivity index (χ0v) is 33.4. The second-order valence-electron chi connectivity index (χ2n) is 15.5. The molecule has 0 bridgehead atoms. The van der Waals surface area contributed by atoms with Gasteiger partial charge in [0.05, 0.1) is 0 Å². The molecule has 0 radical (unpaired) electrons. The Balaban J connectivity index is 0.00000225. The SMILES string of the molecule is CC1=[C](/[Zr+2](=[CH]\c2cccc3ccccc23)[CH]2c3cc(C(C)(C)C)ccc3-c3ccc(C(C)(C)C)cc32)C(C)C=C1c1ccccc1.[Cl-].[Cl-]. The molecule has 244 valence electrons. The molecule has 48 heavy (non-hydrogen) atoms. The van der Waals surface area contributed by atoms with Crippen LogP contribution in [-0.2, 0) is 32.1 Å². The normalized spacial score (nSPS) is 15.9. The molecular weight excluding hydrogens is 703 g/mol. The molecule has 0 fully saturated rings. The van der Waals surface area contributed by atoms with Crippen LogP contribution >= 0.6 is 0 Å². The Morgan fingerprint density at radius 3 is 1.75 bits per heavy atom. The quantitative estimate of drug-likeness (QED) is 0.212. The van der Waals surface area contributed by atoms with Crippen molar-refractivity contribution in [2.45, 2.75) is 69.8 Å². The third kappa shape index (κ3) is 6.56. The molecule has 1 unspecified atom stereocenters. The summed E-state index contributed by atoms with van der Waals surface area (Å²) in [5.41, 5.74) is 14.7. The second kappa shape index (κ2) is 13.8. The van der Waals surface area contributed by atoms with E-state index in [0.717, 1.165) is 0 Å². The van der Waals surface area contributed by atoms with Crippen LogP contribution in [0.15, 0.2) is 124 Å². The van der Waals surface area contributed by atoms with Crippen molar-refractivity contribution in [3.63, 3.8) is 0 Å². The summed E-state index contributed by atoms with van der Waals surface area (Å²) < 4.78 is 4.96. The van der Waals surface area contributed by atoms with E-state index in [2.05, 4.69) is 174 Å². The number of fused-ring (bicyclic) bond motifs is 4. The summed E-state index contributed by atoms with van der Waals surface area (Å²) in [7, 11) is 0. The van der Waals surface area contributed by atoms with Crippen LogP contribution in [-0.4, -0.2) is 3.71 Å². The molecule has 3 heteroatoms. The third-order valence-electron chi connectivity index (χ3n) is 10.3. The molecule has 5 aromatic rings. The molecule has 0 saturated carbocycles. The summed E-state index contributed by atoms with van der Waals surface area (Å²) in [6, 6.07) is 41.7. The molecule has 2 aliphatic rings. The van der Waals surface area contributed by atoms with Crippen molar-refractivity contribution in [2.75, 3.05) is 0 Å². The fourth-order valence-electron chi connectivity index (χ4n) is 7.74. The Morgan fingerprint density at radius 1 is 0.625 bits per heavy atom. The van der Waals surface area contributed by atoms with E-state index < -0.39 is 21.3 Å². The van der Waals surface area contributed by atoms with Crippen molar-refractivity contribution < 1.29 is 46.1 Å². The Hall–Kier alpha value is -2.83. The van der Waals surface area contributed by atoms with E-state index in [4.69, 9.17) is 0 Å². The average molecular weight is 749 g/mol. The van der Waals surface area contributed by atoms with Crippen LogP contribution in [0.1, 0.15) is 92.4 Å². The minimum Gasteiger partial charge on any atom is -1.00 e. The van der Waals surface area contributed by atoms with Crippen molar-refractivity contribution >= 4 is 20.1 Å². The monoisotopic (exact) mass is 746 g/mol. The van der Waals surface area contributed by atoms with Gasteiger partial charge in [-0.15, -0.1) is 0 Å². The summed E-state index contributed by atoms with van der Waals surface area (Å²) in [6.45, 7) is 19.0. The van der Waals surface area contributed by atoms with Gasteiger partial charge < -0.3 is 24.8 Å². The van der Waals surface area contributed by atoms with Crippen molar-refractivity contribution in [1.29, 1.82) is 0 Å². The van der Waals surface area contributed by atoms with Crippen LogP contribution in [0.5, 0.6) is 0 Å². The first-order valence-electron chi connectivity index (χ1n) is 16.9. The predicted molar refractivity (Wildman–Crippen MR) is 197 cm³/mol. The minimum absolute atomic E-state index is 0. The smallest absolute Gasteiger partial charge is 1.00 e. The van der Waals surface area contributed by atoms with E-state index in [0.29, 0.717) is 9.54 Å². The van der Waals surface area contributed by atoms with E-state index in [1.165, 1.54) is 55.3 Å². The fourth-order valence-corrected chi connectivity index (χ4v) is 16.5. The zero-order chi connectivity index (χ0) is 32.4. The first-order valence-corrected chi connectivity index (χ1v) is 21.0. The van der Waals surface area contributed by atoms with Gasteiger partial charge in [-0.3, -0.25) is 0 Å². The molecular formula is C45H46Cl2Zr. The average Bonchev–Trinajstić information content (AvgIpc) is 3.52. The van der Waals surface area contributed by atoms with E-state index in [1.807, 2.05) is 0 Å². The van der Waals surface area contributed by atoms with Gasteiger partial charge in [-0.05, 0) is 0 Å². The van der Waals surface area contributed by atoms with Crippen LogP contribution in [0.4, 0.5) is 0 Å². The summed E-state index contributed by atoms with van der Waals surface area (Å²) in [4.78, 5) is 0. The Labute approximate surface area is 308 Å². The number of allylic oxidation sites excluding steroid dienone is 4. The zero-order valence-electron chi connectivity index (χ0n) is 29.5. The molecule has 0 nitrogen and oxygen atoms in total. The molecule has 7 rings (SSSR count). The van der Waals surface area contributed by atoms with Gasteiger partial charge in [0.25, 0.3) is 0 Å². The maximum Gasteiger partial charge on any atom is -1.00 e. The van der Waals surface area contributed by atoms with Gasteiger partial charge in [0.2, 0.25) is 0 Å². The Kier molecular flexibility index (Phi) is 10.5. The topological polar surface area (TPSA) is 0 Å². The van der Waals surface area contributed by atoms with Gasteiger partial charge in [-0.2, -0.15) is 0 Å². The van der Waals surface area contributed by atoms with Crippen LogP contribution in [0.3, 0.4) is 0 Å². The first kappa shape index (κ1) is 36.5. The van der Waals surface area contributed by atoms with Crippen LogP contribution in [0.25, 0.3) is 27.5 Å². The number of hydrogen-bond donors (Lipinski definition) is 0. The largest absolute Gasteiger partial charge is 1.00 e. The van der Waals surface area contributed by atoms with Gasteiger partial charge in [0, 0.05) is 0 Å². The van der Waals surface area contributed by atoms with Crippen molar-refractivity contribution in [1.82, 2.24) is 0 Å². The second-order valence-corrected chi connectivity index (χ2v) is 21.2. The molecule has 1 atom stereocenters. The number of halogens is 2. The van der Waals surface area contributed by atoms with Gasteiger partial charge >= 0.3 is 286 Å². The Bertz CT molecular complexity index is 2020. The fraction of sp³-hybridized carbons (Fsp3) is 0.267. The van der Waals surface area contributed by atoms with E-state index in [-0.39, 0.29) is 35.6 Å². The van der Waals surface area contributed by atoms with Crippen LogP contribution in [0, 0.1) is 5.92 Å². The maximum atomic E-state index is 2.82. The summed E-state index contributed by atoms with van der Waals surface area (Å²) in [6.07, 6.45) is 2.56. The summed E-state index contributed by atoms with van der Waals surface area (Å²) in [5.74, 6) is 0.417. The molecule has 0 saturated heterocycles. The van der Waals surface area contributed by atoms with Crippen LogP contribution < -0.4 is 24.8 Å². The standard InChI is InChI=1S/C21H25.C13H13.C11H8.2ClH.Zr/c1-20(2,3)16-7-9-18-14(12-16)11-15-13-17(21(4,5)6)8-10-19(15)18;1-10-8-11(2)13(9-10)12-6-4-3-5-7-12;1-9-5-4-7-10-6-2-3-8-11(9)10;;;/h7-13H,1-6H3;3-7,9-10H,1-2H3;1-8H;2*1H;/q;;;;;+2/p-2. The van der Waals surface area contributed by atoms with E-state index >= 15 is 0 Å². The molecule has 0 N–H and O–H groups in total. The van der Waals surface area contributed by atoms with E-state index in [1.54, 1.807) is 14.4 Å². The summed E-state index contributed by atoms with van der Waals surface area (Å²) in [5, 5.41) is 2.69. The first-order chi connectivity index (χ1) is 21.9. The van der Waals surface area contributed by atoms with Crippen molar-refractivity contribution in [2.24, 2.45) is 5.92 Å². The molecule has 0 aliphatic heterocycles. The van der Waals surface area contributed by atoms with E-state index in [9.17, 15) is 0 Å². The van der Waals surface area contributed by atoms with Crippen molar-refractivity contribution in [3.05, 3.63) is 158 Å². The van der Waals surface area contributed by atoms with Gasteiger partial charge in [0.15, 0.2) is 0 Å². The number of hydrogen-bond acceptors (Lipinski definition) is 0. The molecule has 5 aromatic carbocycles. The van der Waals surface area contributed by atoms with Crippen LogP contribution in [0.2, 0.25) is 0 Å². The number of rotatable bonds is 4. The molecule has 2 aliphatic carbocycles. The number of benzene rings is 5. The molecule has 0 spiro atoms. The van der Waals surface area contributed by atoms with Gasteiger partial charge in [-0.1, -0.05) is 0 Å². The maximum absolute atomic E-state index is 2.82. The Morgan fingerprint density at radius 2 is 1.17 bits per heavy atom. The van der Waals surface area contributed by atoms with Crippen molar-refractivity contribution in [3.8, 4) is 11.1 Å². The molecule has 0 heterocycles. The third-order valence-corrected chi connectivity index (χ3v) is 18.4.